The third-order valence-electron chi connectivity index (χ3n) is 3.28. The number of para-hydroxylation sites is 1. The summed E-state index contributed by atoms with van der Waals surface area (Å²) in [6.07, 6.45) is 1.31. The fourth-order valence-corrected chi connectivity index (χ4v) is 2.31. The molecule has 7 heteroatoms. The van der Waals surface area contributed by atoms with Gasteiger partial charge in [-0.1, -0.05) is 23.7 Å². The Balaban J connectivity index is 1.89. The number of halogens is 2. The molecule has 120 valence electrons. The molecule has 0 spiro atoms. The molecule has 2 aromatic rings. The maximum atomic E-state index is 13.6. The smallest absolute Gasteiger partial charge is 0.266 e. The van der Waals surface area contributed by atoms with Gasteiger partial charge in [0.15, 0.2) is 11.5 Å². The van der Waals surface area contributed by atoms with Crippen molar-refractivity contribution in [2.24, 2.45) is 0 Å². The zero-order chi connectivity index (χ0) is 17.1. The summed E-state index contributed by atoms with van der Waals surface area (Å²) in [4.78, 5) is 12.2. The van der Waals surface area contributed by atoms with Crippen LogP contribution in [0.5, 0.6) is 11.5 Å². The molecule has 0 bridgehead atoms. The van der Waals surface area contributed by atoms with Crippen molar-refractivity contribution in [3.05, 3.63) is 58.4 Å². The first-order chi connectivity index (χ1) is 11.6. The van der Waals surface area contributed by atoms with Crippen molar-refractivity contribution < 1.29 is 18.7 Å². The van der Waals surface area contributed by atoms with Crippen molar-refractivity contribution in [2.75, 3.05) is 12.1 Å². The number of anilines is 1. The van der Waals surface area contributed by atoms with Crippen LogP contribution in [0.25, 0.3) is 6.08 Å². The summed E-state index contributed by atoms with van der Waals surface area (Å²) in [5.74, 6) is -0.371. The SMILES string of the molecule is N#C/C(=C\c1cc2c(cc1Cl)OCO2)C(=O)Nc1ccccc1F. The second kappa shape index (κ2) is 6.60. The molecule has 1 aliphatic rings. The van der Waals surface area contributed by atoms with Gasteiger partial charge in [-0.05, 0) is 29.8 Å². The number of amides is 1. The molecule has 0 aromatic heterocycles. The Morgan fingerprint density at radius 2 is 2.00 bits per heavy atom. The Morgan fingerprint density at radius 3 is 2.71 bits per heavy atom. The third kappa shape index (κ3) is 3.16. The van der Waals surface area contributed by atoms with E-state index in [1.807, 2.05) is 0 Å². The zero-order valence-electron chi connectivity index (χ0n) is 12.2. The van der Waals surface area contributed by atoms with Gasteiger partial charge in [0, 0.05) is 6.07 Å². The first-order valence-electron chi connectivity index (χ1n) is 6.85. The molecule has 0 saturated carbocycles. The van der Waals surface area contributed by atoms with Crippen LogP contribution < -0.4 is 14.8 Å². The van der Waals surface area contributed by atoms with Gasteiger partial charge in [-0.2, -0.15) is 5.26 Å². The van der Waals surface area contributed by atoms with Gasteiger partial charge in [-0.3, -0.25) is 4.79 Å². The lowest BCUT2D eigenvalue weighted by Gasteiger charge is -2.06. The minimum atomic E-state index is -0.740. The molecular formula is C17H10ClFN2O3. The summed E-state index contributed by atoms with van der Waals surface area (Å²) < 4.78 is 24.0. The van der Waals surface area contributed by atoms with Gasteiger partial charge in [-0.15, -0.1) is 0 Å². The number of nitrogens with zero attached hydrogens (tertiary/aromatic N) is 1. The van der Waals surface area contributed by atoms with E-state index in [0.29, 0.717) is 22.1 Å². The Labute approximate surface area is 141 Å². The molecular weight excluding hydrogens is 335 g/mol. The molecule has 0 saturated heterocycles. The van der Waals surface area contributed by atoms with Crippen LogP contribution in [0, 0.1) is 17.1 Å². The molecule has 0 radical (unpaired) electrons. The third-order valence-corrected chi connectivity index (χ3v) is 3.61. The van der Waals surface area contributed by atoms with Crippen molar-refractivity contribution >= 4 is 29.3 Å². The molecule has 1 heterocycles. The van der Waals surface area contributed by atoms with Crippen LogP contribution in [-0.2, 0) is 4.79 Å². The van der Waals surface area contributed by atoms with E-state index in [9.17, 15) is 14.4 Å². The van der Waals surface area contributed by atoms with Gasteiger partial charge in [0.1, 0.15) is 17.5 Å². The molecule has 5 nitrogen and oxygen atoms in total. The number of fused-ring (bicyclic) bond motifs is 1. The number of nitrogens with one attached hydrogen (secondary N) is 1. The summed E-state index contributed by atoms with van der Waals surface area (Å²) in [7, 11) is 0. The fraction of sp³-hybridized carbons (Fsp3) is 0.0588. The van der Waals surface area contributed by atoms with Gasteiger partial charge in [0.2, 0.25) is 6.79 Å². The van der Waals surface area contributed by atoms with Crippen LogP contribution >= 0.6 is 11.6 Å². The molecule has 0 aliphatic carbocycles. The fourth-order valence-electron chi connectivity index (χ4n) is 2.10. The monoisotopic (exact) mass is 344 g/mol. The molecule has 3 rings (SSSR count). The van der Waals surface area contributed by atoms with Crippen LogP contribution in [0.2, 0.25) is 5.02 Å². The molecule has 1 N–H and O–H groups in total. The number of ether oxygens (including phenoxy) is 2. The summed E-state index contributed by atoms with van der Waals surface area (Å²) in [6.45, 7) is 0.0811. The molecule has 2 aromatic carbocycles. The minimum Gasteiger partial charge on any atom is -0.454 e. The van der Waals surface area contributed by atoms with Gasteiger partial charge in [-0.25, -0.2) is 4.39 Å². The summed E-state index contributed by atoms with van der Waals surface area (Å²) in [5.41, 5.74) is 0.181. The molecule has 0 atom stereocenters. The number of hydrogen-bond donors (Lipinski definition) is 1. The molecule has 24 heavy (non-hydrogen) atoms. The van der Waals surface area contributed by atoms with Crippen molar-refractivity contribution in [3.63, 3.8) is 0 Å². The van der Waals surface area contributed by atoms with Gasteiger partial charge in [0.05, 0.1) is 10.7 Å². The lowest BCUT2D eigenvalue weighted by atomic mass is 10.1. The molecule has 1 amide bonds. The summed E-state index contributed by atoms with van der Waals surface area (Å²) >= 11 is 6.12. The number of hydrogen-bond acceptors (Lipinski definition) is 4. The standard InChI is InChI=1S/C17H10ClFN2O3/c18-12-7-16-15(23-9-24-16)6-10(12)5-11(8-20)17(22)21-14-4-2-1-3-13(14)19/h1-7H,9H2,(H,21,22)/b11-5+. The highest BCUT2D eigenvalue weighted by Crippen LogP contribution is 2.37. The first kappa shape index (κ1) is 15.8. The highest BCUT2D eigenvalue weighted by atomic mass is 35.5. The number of nitriles is 1. The Bertz CT molecular complexity index is 890. The highest BCUT2D eigenvalue weighted by molar-refractivity contribution is 6.32. The first-order valence-corrected chi connectivity index (χ1v) is 7.23. The number of benzene rings is 2. The predicted molar refractivity (Wildman–Crippen MR) is 86.2 cm³/mol. The van der Waals surface area contributed by atoms with E-state index in [0.717, 1.165) is 0 Å². The van der Waals surface area contributed by atoms with Gasteiger partial charge < -0.3 is 14.8 Å². The average molecular weight is 345 g/mol. The van der Waals surface area contributed by atoms with E-state index < -0.39 is 11.7 Å². The summed E-state index contributed by atoms with van der Waals surface area (Å²) in [5, 5.41) is 11.9. The van der Waals surface area contributed by atoms with Crippen LogP contribution in [0.15, 0.2) is 42.0 Å². The van der Waals surface area contributed by atoms with Crippen molar-refractivity contribution in [3.8, 4) is 17.6 Å². The number of carbonyl (C=O) groups is 1. The minimum absolute atomic E-state index is 0.0135. The zero-order valence-corrected chi connectivity index (χ0v) is 12.9. The maximum absolute atomic E-state index is 13.6. The second-order valence-electron chi connectivity index (χ2n) is 4.83. The topological polar surface area (TPSA) is 71.3 Å². The van der Waals surface area contributed by atoms with Gasteiger partial charge in [0.25, 0.3) is 5.91 Å². The normalized spacial score (nSPS) is 12.6. The summed E-state index contributed by atoms with van der Waals surface area (Å²) in [6, 6.07) is 10.6. The molecule has 0 fully saturated rings. The van der Waals surface area contributed by atoms with Gasteiger partial charge >= 0.3 is 0 Å². The molecule has 0 unspecified atom stereocenters. The van der Waals surface area contributed by atoms with E-state index in [1.165, 1.54) is 24.3 Å². The number of carbonyl (C=O) groups excluding carboxylic acids is 1. The van der Waals surface area contributed by atoms with Crippen LogP contribution in [-0.4, -0.2) is 12.7 Å². The predicted octanol–water partition coefficient (Wildman–Crippen LogP) is 3.75. The number of rotatable bonds is 3. The average Bonchev–Trinajstić information content (AvgIpc) is 3.01. The lowest BCUT2D eigenvalue weighted by Crippen LogP contribution is -2.14. The lowest BCUT2D eigenvalue weighted by molar-refractivity contribution is -0.112. The largest absolute Gasteiger partial charge is 0.454 e. The second-order valence-corrected chi connectivity index (χ2v) is 5.24. The van der Waals surface area contributed by atoms with E-state index in [-0.39, 0.29) is 18.1 Å². The Hall–Kier alpha value is -3.04. The van der Waals surface area contributed by atoms with Crippen molar-refractivity contribution in [1.29, 1.82) is 5.26 Å². The van der Waals surface area contributed by atoms with Crippen LogP contribution in [0.4, 0.5) is 10.1 Å². The molecule has 1 aliphatic heterocycles. The van der Waals surface area contributed by atoms with Crippen molar-refractivity contribution in [1.82, 2.24) is 0 Å². The van der Waals surface area contributed by atoms with E-state index in [4.69, 9.17) is 21.1 Å². The van der Waals surface area contributed by atoms with Crippen LogP contribution in [0.3, 0.4) is 0 Å². The Kier molecular flexibility index (Phi) is 4.36. The van der Waals surface area contributed by atoms with E-state index in [1.54, 1.807) is 24.3 Å². The van der Waals surface area contributed by atoms with E-state index >= 15 is 0 Å². The highest BCUT2D eigenvalue weighted by Gasteiger charge is 2.18. The van der Waals surface area contributed by atoms with Crippen molar-refractivity contribution in [2.45, 2.75) is 0 Å². The van der Waals surface area contributed by atoms with Crippen LogP contribution in [0.1, 0.15) is 5.56 Å². The van der Waals surface area contributed by atoms with E-state index in [2.05, 4.69) is 5.32 Å². The maximum Gasteiger partial charge on any atom is 0.266 e. The quantitative estimate of drug-likeness (QED) is 0.680. The Morgan fingerprint density at radius 1 is 1.29 bits per heavy atom.